The number of aliphatic imine (C=N–C) groups is 1. The highest BCUT2D eigenvalue weighted by Crippen LogP contribution is 2.15. The van der Waals surface area contributed by atoms with Crippen molar-refractivity contribution in [1.82, 2.24) is 15.6 Å². The van der Waals surface area contributed by atoms with Crippen LogP contribution in [0.2, 0.25) is 0 Å². The van der Waals surface area contributed by atoms with Crippen molar-refractivity contribution in [2.24, 2.45) is 4.99 Å². The van der Waals surface area contributed by atoms with Gasteiger partial charge in [0, 0.05) is 45.0 Å². The Labute approximate surface area is 163 Å². The van der Waals surface area contributed by atoms with Gasteiger partial charge in [0.1, 0.15) is 17.5 Å². The maximum absolute atomic E-state index is 13.7. The predicted molar refractivity (Wildman–Crippen MR) is 105 cm³/mol. The van der Waals surface area contributed by atoms with E-state index in [1.165, 1.54) is 6.07 Å². The standard InChI is InChI=1S/C20H25F2N5O/c1-14-13-27(7-8-28-14)19-6-3-15(10-24-19)11-25-20(23-2)26-12-16-9-17(21)4-5-18(16)22/h3-6,9-10,14H,7-8,11-13H2,1-2H3,(H2,23,25,26). The molecule has 1 atom stereocenters. The Morgan fingerprint density at radius 3 is 2.79 bits per heavy atom. The first-order valence-corrected chi connectivity index (χ1v) is 9.25. The zero-order chi connectivity index (χ0) is 19.9. The topological polar surface area (TPSA) is 61.8 Å². The van der Waals surface area contributed by atoms with E-state index in [2.05, 4.69) is 32.4 Å². The fraction of sp³-hybridized carbons (Fsp3) is 0.400. The molecule has 2 heterocycles. The summed E-state index contributed by atoms with van der Waals surface area (Å²) in [7, 11) is 1.62. The Balaban J connectivity index is 1.51. The van der Waals surface area contributed by atoms with Crippen molar-refractivity contribution in [3.63, 3.8) is 0 Å². The van der Waals surface area contributed by atoms with E-state index >= 15 is 0 Å². The second-order valence-corrected chi connectivity index (χ2v) is 6.67. The van der Waals surface area contributed by atoms with Gasteiger partial charge in [-0.1, -0.05) is 6.07 Å². The number of halogens is 2. The van der Waals surface area contributed by atoms with Gasteiger partial charge in [0.2, 0.25) is 0 Å². The Hall–Kier alpha value is -2.74. The number of morpholine rings is 1. The Morgan fingerprint density at radius 2 is 2.07 bits per heavy atom. The molecule has 0 spiro atoms. The van der Waals surface area contributed by atoms with Crippen LogP contribution >= 0.6 is 0 Å². The lowest BCUT2D eigenvalue weighted by molar-refractivity contribution is 0.0529. The molecule has 28 heavy (non-hydrogen) atoms. The van der Waals surface area contributed by atoms with Gasteiger partial charge in [-0.05, 0) is 36.8 Å². The van der Waals surface area contributed by atoms with Gasteiger partial charge < -0.3 is 20.3 Å². The van der Waals surface area contributed by atoms with E-state index in [0.29, 0.717) is 19.1 Å². The summed E-state index contributed by atoms with van der Waals surface area (Å²) in [5.41, 5.74) is 1.23. The van der Waals surface area contributed by atoms with Gasteiger partial charge in [0.15, 0.2) is 5.96 Å². The molecule has 1 saturated heterocycles. The monoisotopic (exact) mass is 389 g/mol. The number of hydrogen-bond acceptors (Lipinski definition) is 4. The number of hydrogen-bond donors (Lipinski definition) is 2. The highest BCUT2D eigenvalue weighted by molar-refractivity contribution is 5.79. The summed E-state index contributed by atoms with van der Waals surface area (Å²) in [4.78, 5) is 10.8. The fourth-order valence-electron chi connectivity index (χ4n) is 3.00. The lowest BCUT2D eigenvalue weighted by Gasteiger charge is -2.32. The number of guanidine groups is 1. The van der Waals surface area contributed by atoms with E-state index in [1.807, 2.05) is 18.3 Å². The lowest BCUT2D eigenvalue weighted by atomic mass is 10.2. The van der Waals surface area contributed by atoms with Crippen LogP contribution < -0.4 is 15.5 Å². The predicted octanol–water partition coefficient (Wildman–Crippen LogP) is 2.45. The molecule has 2 aromatic rings. The number of pyridine rings is 1. The van der Waals surface area contributed by atoms with E-state index in [0.717, 1.165) is 36.6 Å². The van der Waals surface area contributed by atoms with E-state index < -0.39 is 11.6 Å². The second kappa shape index (κ2) is 9.45. The zero-order valence-corrected chi connectivity index (χ0v) is 16.1. The van der Waals surface area contributed by atoms with E-state index in [1.54, 1.807) is 7.05 Å². The highest BCUT2D eigenvalue weighted by atomic mass is 19.1. The number of rotatable bonds is 5. The summed E-state index contributed by atoms with van der Waals surface area (Å²) in [6, 6.07) is 7.39. The molecule has 1 aromatic heterocycles. The van der Waals surface area contributed by atoms with Crippen LogP contribution in [0.15, 0.2) is 41.5 Å². The molecule has 3 rings (SSSR count). The van der Waals surface area contributed by atoms with Crippen molar-refractivity contribution in [3.05, 3.63) is 59.3 Å². The Kier molecular flexibility index (Phi) is 6.76. The minimum absolute atomic E-state index is 0.135. The number of nitrogens with zero attached hydrogens (tertiary/aromatic N) is 3. The Morgan fingerprint density at radius 1 is 1.25 bits per heavy atom. The van der Waals surface area contributed by atoms with Crippen LogP contribution in [0.3, 0.4) is 0 Å². The molecule has 6 nitrogen and oxygen atoms in total. The van der Waals surface area contributed by atoms with Crippen LogP contribution in [0.4, 0.5) is 14.6 Å². The second-order valence-electron chi connectivity index (χ2n) is 6.67. The minimum atomic E-state index is -0.470. The summed E-state index contributed by atoms with van der Waals surface area (Å²) < 4.78 is 32.5. The summed E-state index contributed by atoms with van der Waals surface area (Å²) in [5, 5.41) is 6.13. The zero-order valence-electron chi connectivity index (χ0n) is 16.1. The molecular weight excluding hydrogens is 364 g/mol. The molecular formula is C20H25F2N5O. The molecule has 150 valence electrons. The van der Waals surface area contributed by atoms with Crippen molar-refractivity contribution < 1.29 is 13.5 Å². The van der Waals surface area contributed by atoms with Crippen LogP contribution in [0.1, 0.15) is 18.1 Å². The molecule has 1 fully saturated rings. The molecule has 1 aromatic carbocycles. The van der Waals surface area contributed by atoms with Crippen LogP contribution in [-0.4, -0.2) is 43.8 Å². The third kappa shape index (κ3) is 5.39. The van der Waals surface area contributed by atoms with Gasteiger partial charge in [-0.15, -0.1) is 0 Å². The van der Waals surface area contributed by atoms with Crippen LogP contribution in [0.5, 0.6) is 0 Å². The maximum atomic E-state index is 13.7. The average Bonchev–Trinajstić information content (AvgIpc) is 2.71. The van der Waals surface area contributed by atoms with Gasteiger partial charge in [0.25, 0.3) is 0 Å². The number of aromatic nitrogens is 1. The largest absolute Gasteiger partial charge is 0.375 e. The van der Waals surface area contributed by atoms with E-state index in [9.17, 15) is 8.78 Å². The van der Waals surface area contributed by atoms with Gasteiger partial charge in [-0.2, -0.15) is 0 Å². The third-order valence-corrected chi connectivity index (χ3v) is 4.51. The van der Waals surface area contributed by atoms with Gasteiger partial charge in [-0.25, -0.2) is 13.8 Å². The van der Waals surface area contributed by atoms with Crippen molar-refractivity contribution >= 4 is 11.8 Å². The normalized spacial score (nSPS) is 17.5. The van der Waals surface area contributed by atoms with Crippen molar-refractivity contribution in [2.45, 2.75) is 26.1 Å². The van der Waals surface area contributed by atoms with E-state index in [4.69, 9.17) is 4.74 Å². The van der Waals surface area contributed by atoms with Crippen LogP contribution in [0, 0.1) is 11.6 Å². The van der Waals surface area contributed by atoms with Crippen molar-refractivity contribution in [1.29, 1.82) is 0 Å². The molecule has 0 radical (unpaired) electrons. The molecule has 0 amide bonds. The smallest absolute Gasteiger partial charge is 0.191 e. The fourth-order valence-corrected chi connectivity index (χ4v) is 3.00. The highest BCUT2D eigenvalue weighted by Gasteiger charge is 2.17. The molecule has 0 aliphatic carbocycles. The summed E-state index contributed by atoms with van der Waals surface area (Å²) in [5.74, 6) is 0.501. The number of nitrogens with one attached hydrogen (secondary N) is 2. The molecule has 1 unspecified atom stereocenters. The van der Waals surface area contributed by atoms with Crippen LogP contribution in [0.25, 0.3) is 0 Å². The average molecular weight is 389 g/mol. The molecule has 1 aliphatic heterocycles. The summed E-state index contributed by atoms with van der Waals surface area (Å²) in [6.45, 7) is 5.08. The van der Waals surface area contributed by atoms with Crippen molar-refractivity contribution in [3.8, 4) is 0 Å². The SMILES string of the molecule is CN=C(NCc1ccc(N2CCOC(C)C2)nc1)NCc1cc(F)ccc1F. The Bertz CT molecular complexity index is 813. The molecule has 0 bridgehead atoms. The number of ether oxygens (including phenoxy) is 1. The molecule has 2 N–H and O–H groups in total. The van der Waals surface area contributed by atoms with E-state index in [-0.39, 0.29) is 18.2 Å². The first kappa shape index (κ1) is 20.0. The van der Waals surface area contributed by atoms with Crippen molar-refractivity contribution in [2.75, 3.05) is 31.6 Å². The lowest BCUT2D eigenvalue weighted by Crippen LogP contribution is -2.41. The number of benzene rings is 1. The molecule has 1 aliphatic rings. The quantitative estimate of drug-likeness (QED) is 0.608. The van der Waals surface area contributed by atoms with Crippen LogP contribution in [-0.2, 0) is 17.8 Å². The first-order valence-electron chi connectivity index (χ1n) is 9.25. The first-order chi connectivity index (χ1) is 13.5. The van der Waals surface area contributed by atoms with Gasteiger partial charge in [-0.3, -0.25) is 4.99 Å². The molecule has 8 heteroatoms. The molecule has 0 saturated carbocycles. The summed E-state index contributed by atoms with van der Waals surface area (Å²) >= 11 is 0. The maximum Gasteiger partial charge on any atom is 0.191 e. The third-order valence-electron chi connectivity index (χ3n) is 4.51. The van der Waals surface area contributed by atoms with Gasteiger partial charge >= 0.3 is 0 Å². The minimum Gasteiger partial charge on any atom is -0.375 e. The number of anilines is 1. The van der Waals surface area contributed by atoms with Gasteiger partial charge in [0.05, 0.1) is 12.7 Å². The summed E-state index contributed by atoms with van der Waals surface area (Å²) in [6.07, 6.45) is 2.02.